The van der Waals surface area contributed by atoms with Crippen LogP contribution in [0.4, 0.5) is 13.2 Å². The summed E-state index contributed by atoms with van der Waals surface area (Å²) in [6, 6.07) is 13.7. The van der Waals surface area contributed by atoms with Crippen molar-refractivity contribution in [3.05, 3.63) is 83.4 Å². The third-order valence-corrected chi connectivity index (χ3v) is 5.17. The van der Waals surface area contributed by atoms with Crippen LogP contribution in [0.3, 0.4) is 0 Å². The molecule has 1 amide bonds. The molecule has 3 aromatic carbocycles. The van der Waals surface area contributed by atoms with Crippen LogP contribution >= 0.6 is 0 Å². The molecule has 4 aromatic rings. The SMILES string of the molecule is O=C(CC(NC(=O)c1ccc(C(F)(F)F)cc1)C(=O)O)c1ccc2oc3ccccc3c2c1. The van der Waals surface area contributed by atoms with Crippen LogP contribution in [0.25, 0.3) is 21.9 Å². The normalized spacial score (nSPS) is 12.6. The van der Waals surface area contributed by atoms with Gasteiger partial charge in [-0.05, 0) is 48.5 Å². The smallest absolute Gasteiger partial charge is 0.416 e. The lowest BCUT2D eigenvalue weighted by molar-refractivity contribution is -0.139. The van der Waals surface area contributed by atoms with Crippen molar-refractivity contribution in [1.82, 2.24) is 5.32 Å². The maximum absolute atomic E-state index is 12.8. The van der Waals surface area contributed by atoms with Crippen LogP contribution in [-0.4, -0.2) is 28.8 Å². The highest BCUT2D eigenvalue weighted by Gasteiger charge is 2.30. The fourth-order valence-corrected chi connectivity index (χ4v) is 3.46. The number of rotatable bonds is 6. The van der Waals surface area contributed by atoms with Gasteiger partial charge in [-0.3, -0.25) is 9.59 Å². The van der Waals surface area contributed by atoms with Crippen molar-refractivity contribution in [1.29, 1.82) is 0 Å². The number of furan rings is 1. The van der Waals surface area contributed by atoms with Crippen LogP contribution in [0.5, 0.6) is 0 Å². The molecule has 2 N–H and O–H groups in total. The van der Waals surface area contributed by atoms with Crippen molar-refractivity contribution >= 4 is 39.6 Å². The van der Waals surface area contributed by atoms with E-state index in [4.69, 9.17) is 4.42 Å². The maximum atomic E-state index is 12.8. The molecule has 1 atom stereocenters. The first kappa shape index (κ1) is 22.1. The molecule has 0 aliphatic heterocycles. The van der Waals surface area contributed by atoms with Gasteiger partial charge in [0.25, 0.3) is 5.91 Å². The zero-order valence-electron chi connectivity index (χ0n) is 16.8. The molecule has 1 heterocycles. The van der Waals surface area contributed by atoms with Gasteiger partial charge in [0, 0.05) is 28.3 Å². The van der Waals surface area contributed by atoms with Crippen molar-refractivity contribution in [2.45, 2.75) is 18.6 Å². The van der Waals surface area contributed by atoms with E-state index in [2.05, 4.69) is 5.32 Å². The van der Waals surface area contributed by atoms with E-state index in [9.17, 15) is 32.7 Å². The molecule has 1 aromatic heterocycles. The van der Waals surface area contributed by atoms with E-state index < -0.39 is 41.9 Å². The lowest BCUT2D eigenvalue weighted by atomic mass is 10.0. The number of fused-ring (bicyclic) bond motifs is 3. The molecule has 9 heteroatoms. The molecule has 0 bridgehead atoms. The molecule has 1 unspecified atom stereocenters. The Morgan fingerprint density at radius 1 is 0.879 bits per heavy atom. The number of carboxylic acids is 1. The number of nitrogens with one attached hydrogen (secondary N) is 1. The molecule has 6 nitrogen and oxygen atoms in total. The number of hydrogen-bond acceptors (Lipinski definition) is 4. The topological polar surface area (TPSA) is 96.6 Å². The van der Waals surface area contributed by atoms with Crippen molar-refractivity contribution in [3.63, 3.8) is 0 Å². The summed E-state index contributed by atoms with van der Waals surface area (Å²) in [5.41, 5.74) is 0.353. The predicted octanol–water partition coefficient (Wildman–Crippen LogP) is 5.06. The van der Waals surface area contributed by atoms with Crippen molar-refractivity contribution < 1.29 is 37.1 Å². The van der Waals surface area contributed by atoms with E-state index in [-0.39, 0.29) is 11.1 Å². The van der Waals surface area contributed by atoms with E-state index in [0.29, 0.717) is 16.6 Å². The Morgan fingerprint density at radius 3 is 2.18 bits per heavy atom. The summed E-state index contributed by atoms with van der Waals surface area (Å²) in [6.07, 6.45) is -5.10. The van der Waals surface area contributed by atoms with E-state index in [1.807, 2.05) is 18.2 Å². The van der Waals surface area contributed by atoms with Crippen molar-refractivity contribution in [2.24, 2.45) is 0 Å². The third kappa shape index (κ3) is 4.57. The summed E-state index contributed by atoms with van der Waals surface area (Å²) in [4.78, 5) is 36.7. The number of carbonyl (C=O) groups is 3. The minimum absolute atomic E-state index is 0.159. The average Bonchev–Trinajstić information content (AvgIpc) is 3.15. The largest absolute Gasteiger partial charge is 0.480 e. The van der Waals surface area contributed by atoms with E-state index in [1.165, 1.54) is 6.07 Å². The molecule has 0 spiro atoms. The van der Waals surface area contributed by atoms with Crippen LogP contribution in [-0.2, 0) is 11.0 Å². The molecular weight excluding hydrogens is 439 g/mol. The third-order valence-electron chi connectivity index (χ3n) is 5.17. The van der Waals surface area contributed by atoms with Gasteiger partial charge in [0.15, 0.2) is 5.78 Å². The standard InChI is InChI=1S/C24H16F3NO5/c25-24(26,27)15-8-5-13(6-9-15)22(30)28-18(23(31)32)12-19(29)14-7-10-21-17(11-14)16-3-1-2-4-20(16)33-21/h1-11,18H,12H2,(H,28,30)(H,31,32). The predicted molar refractivity (Wildman–Crippen MR) is 113 cm³/mol. The molecule has 0 fully saturated rings. The highest BCUT2D eigenvalue weighted by molar-refractivity contribution is 6.09. The molecule has 0 aliphatic rings. The van der Waals surface area contributed by atoms with Gasteiger partial charge in [-0.1, -0.05) is 18.2 Å². The number of para-hydroxylation sites is 1. The van der Waals surface area contributed by atoms with Gasteiger partial charge in [0.2, 0.25) is 0 Å². The minimum Gasteiger partial charge on any atom is -0.480 e. The summed E-state index contributed by atoms with van der Waals surface area (Å²) >= 11 is 0. The van der Waals surface area contributed by atoms with Crippen molar-refractivity contribution in [2.75, 3.05) is 0 Å². The van der Waals surface area contributed by atoms with Gasteiger partial charge in [0.05, 0.1) is 5.56 Å². The summed E-state index contributed by atoms with van der Waals surface area (Å²) < 4.78 is 43.8. The van der Waals surface area contributed by atoms with E-state index in [0.717, 1.165) is 29.7 Å². The number of Topliss-reactive ketones (excluding diaryl/α,β-unsaturated/α-hetero) is 1. The molecule has 4 rings (SSSR count). The number of alkyl halides is 3. The van der Waals surface area contributed by atoms with Gasteiger partial charge < -0.3 is 14.8 Å². The zero-order valence-corrected chi connectivity index (χ0v) is 16.8. The highest BCUT2D eigenvalue weighted by atomic mass is 19.4. The molecule has 33 heavy (non-hydrogen) atoms. The molecule has 0 radical (unpaired) electrons. The number of carbonyl (C=O) groups excluding carboxylic acids is 2. The maximum Gasteiger partial charge on any atom is 0.416 e. The number of halogens is 3. The second kappa shape index (κ2) is 8.42. The Bertz CT molecular complexity index is 1370. The van der Waals surface area contributed by atoms with E-state index >= 15 is 0 Å². The lowest BCUT2D eigenvalue weighted by Gasteiger charge is -2.14. The quantitative estimate of drug-likeness (QED) is 0.396. The Balaban J connectivity index is 1.52. The fraction of sp³-hybridized carbons (Fsp3) is 0.125. The van der Waals surface area contributed by atoms with Gasteiger partial charge >= 0.3 is 12.1 Å². The second-order valence-corrected chi connectivity index (χ2v) is 7.38. The van der Waals surface area contributed by atoms with Gasteiger partial charge in [-0.25, -0.2) is 4.79 Å². The highest BCUT2D eigenvalue weighted by Crippen LogP contribution is 2.30. The van der Waals surface area contributed by atoms with Gasteiger partial charge in [0.1, 0.15) is 17.2 Å². The molecule has 0 aliphatic carbocycles. The first-order chi connectivity index (χ1) is 15.6. The number of hydrogen-bond donors (Lipinski definition) is 2. The number of ketones is 1. The van der Waals surface area contributed by atoms with Crippen LogP contribution in [0.1, 0.15) is 32.7 Å². The molecule has 0 saturated heterocycles. The first-order valence-electron chi connectivity index (χ1n) is 9.79. The first-order valence-corrected chi connectivity index (χ1v) is 9.79. The van der Waals surface area contributed by atoms with Crippen LogP contribution in [0, 0.1) is 0 Å². The number of aliphatic carboxylic acids is 1. The summed E-state index contributed by atoms with van der Waals surface area (Å²) in [6.45, 7) is 0. The Kier molecular flexibility index (Phi) is 5.63. The summed E-state index contributed by atoms with van der Waals surface area (Å²) in [5, 5.41) is 13.1. The van der Waals surface area contributed by atoms with Crippen LogP contribution in [0.15, 0.2) is 71.1 Å². The Labute approximate surface area is 184 Å². The summed E-state index contributed by atoms with van der Waals surface area (Å²) in [5.74, 6) is -2.87. The van der Waals surface area contributed by atoms with Crippen molar-refractivity contribution in [3.8, 4) is 0 Å². The van der Waals surface area contributed by atoms with Crippen LogP contribution in [0.2, 0.25) is 0 Å². The molecular formula is C24H16F3NO5. The minimum atomic E-state index is -4.56. The Morgan fingerprint density at radius 2 is 1.52 bits per heavy atom. The molecule has 168 valence electrons. The number of carboxylic acid groups (broad SMARTS) is 1. The summed E-state index contributed by atoms with van der Waals surface area (Å²) in [7, 11) is 0. The Hall–Kier alpha value is -4.14. The average molecular weight is 455 g/mol. The monoisotopic (exact) mass is 455 g/mol. The lowest BCUT2D eigenvalue weighted by Crippen LogP contribution is -2.42. The fourth-order valence-electron chi connectivity index (χ4n) is 3.46. The van der Waals surface area contributed by atoms with Gasteiger partial charge in [-0.15, -0.1) is 0 Å². The number of amides is 1. The second-order valence-electron chi connectivity index (χ2n) is 7.38. The van der Waals surface area contributed by atoms with Crippen LogP contribution < -0.4 is 5.32 Å². The number of benzene rings is 3. The van der Waals surface area contributed by atoms with E-state index in [1.54, 1.807) is 18.2 Å². The zero-order chi connectivity index (χ0) is 23.8. The molecule has 0 saturated carbocycles. The van der Waals surface area contributed by atoms with Gasteiger partial charge in [-0.2, -0.15) is 13.2 Å².